The maximum atomic E-state index is 13.8. The zero-order valence-corrected chi connectivity index (χ0v) is 16.5. The van der Waals surface area contributed by atoms with Crippen LogP contribution in [0.5, 0.6) is 0 Å². The van der Waals surface area contributed by atoms with Gasteiger partial charge in [-0.15, -0.1) is 0 Å². The molecule has 3 unspecified atom stereocenters. The number of aryl methyl sites for hydroxylation is 2. The van der Waals surface area contributed by atoms with Gasteiger partial charge in [0.1, 0.15) is 5.52 Å². The molecule has 1 amide bonds. The van der Waals surface area contributed by atoms with Crippen LogP contribution >= 0.6 is 0 Å². The highest BCUT2D eigenvalue weighted by molar-refractivity contribution is 5.84. The Bertz CT molecular complexity index is 870. The first kappa shape index (κ1) is 18.3. The highest BCUT2D eigenvalue weighted by atomic mass is 19.1. The van der Waals surface area contributed by atoms with E-state index in [4.69, 9.17) is 9.40 Å². The predicted octanol–water partition coefficient (Wildman–Crippen LogP) is 3.91. The van der Waals surface area contributed by atoms with Crippen molar-refractivity contribution in [3.05, 3.63) is 23.3 Å². The topological polar surface area (TPSA) is 58.4 Å². The largest absolute Gasteiger partial charge is 0.423 e. The van der Waals surface area contributed by atoms with Crippen LogP contribution in [0.2, 0.25) is 0 Å². The smallest absolute Gasteiger partial charge is 0.298 e. The van der Waals surface area contributed by atoms with Gasteiger partial charge in [-0.2, -0.15) is 4.98 Å². The van der Waals surface area contributed by atoms with Crippen LogP contribution in [0.1, 0.15) is 44.2 Å². The van der Waals surface area contributed by atoms with Gasteiger partial charge in [-0.1, -0.05) is 6.07 Å². The summed E-state index contributed by atoms with van der Waals surface area (Å²) >= 11 is 0. The summed E-state index contributed by atoms with van der Waals surface area (Å²) in [6.07, 6.45) is 2.83. The number of carbonyl (C=O) groups is 1. The van der Waals surface area contributed by atoms with E-state index < -0.39 is 11.6 Å². The van der Waals surface area contributed by atoms with Crippen molar-refractivity contribution in [2.45, 2.75) is 58.7 Å². The van der Waals surface area contributed by atoms with Crippen LogP contribution in [0.15, 0.2) is 16.5 Å². The van der Waals surface area contributed by atoms with Crippen molar-refractivity contribution < 1.29 is 13.6 Å². The Morgan fingerprint density at radius 3 is 2.74 bits per heavy atom. The van der Waals surface area contributed by atoms with E-state index >= 15 is 0 Å². The fourth-order valence-corrected chi connectivity index (χ4v) is 4.58. The molecule has 0 radical (unpaired) electrons. The average Bonchev–Trinajstić information content (AvgIpc) is 3.17. The summed E-state index contributed by atoms with van der Waals surface area (Å²) < 4.78 is 19.9. The predicted molar refractivity (Wildman–Crippen MR) is 104 cm³/mol. The second-order valence-electron chi connectivity index (χ2n) is 8.81. The molecule has 1 saturated carbocycles. The summed E-state index contributed by atoms with van der Waals surface area (Å²) in [5, 5.41) is 2.89. The third-order valence-corrected chi connectivity index (χ3v) is 6.00. The Kier molecular flexibility index (Phi) is 4.40. The zero-order chi connectivity index (χ0) is 19.3. The first-order valence-corrected chi connectivity index (χ1v) is 9.83. The Labute approximate surface area is 159 Å². The van der Waals surface area contributed by atoms with E-state index in [0.717, 1.165) is 49.0 Å². The lowest BCUT2D eigenvalue weighted by Crippen LogP contribution is -2.47. The van der Waals surface area contributed by atoms with E-state index in [0.29, 0.717) is 17.9 Å². The number of anilines is 1. The summed E-state index contributed by atoms with van der Waals surface area (Å²) in [5.41, 5.74) is 2.24. The first-order chi connectivity index (χ1) is 12.7. The van der Waals surface area contributed by atoms with Gasteiger partial charge in [-0.25, -0.2) is 4.39 Å². The summed E-state index contributed by atoms with van der Waals surface area (Å²) in [5.74, 6) is 0.546. The van der Waals surface area contributed by atoms with Crippen molar-refractivity contribution >= 4 is 23.0 Å². The Morgan fingerprint density at radius 1 is 1.26 bits per heavy atom. The molecular weight excluding hydrogens is 345 g/mol. The average molecular weight is 373 g/mol. The van der Waals surface area contributed by atoms with Crippen LogP contribution in [0.25, 0.3) is 11.1 Å². The number of hydrogen-bond acceptors (Lipinski definition) is 4. The molecule has 1 aromatic heterocycles. The van der Waals surface area contributed by atoms with E-state index in [1.807, 2.05) is 6.92 Å². The van der Waals surface area contributed by atoms with E-state index in [9.17, 15) is 9.18 Å². The second-order valence-corrected chi connectivity index (χ2v) is 8.81. The number of halogens is 1. The number of oxazole rings is 1. The molecule has 2 heterocycles. The highest BCUT2D eigenvalue weighted by Crippen LogP contribution is 2.39. The normalized spacial score (nSPS) is 25.7. The van der Waals surface area contributed by atoms with Gasteiger partial charge < -0.3 is 14.6 Å². The minimum absolute atomic E-state index is 0.0576. The number of fused-ring (bicyclic) bond motifs is 2. The summed E-state index contributed by atoms with van der Waals surface area (Å²) in [6, 6.07) is 4.92. The summed E-state index contributed by atoms with van der Waals surface area (Å²) in [7, 11) is 0. The van der Waals surface area contributed by atoms with Gasteiger partial charge in [0.05, 0.1) is 0 Å². The molecule has 2 aromatic rings. The van der Waals surface area contributed by atoms with Crippen LogP contribution < -0.4 is 10.2 Å². The fourth-order valence-electron chi connectivity index (χ4n) is 4.58. The maximum Gasteiger partial charge on any atom is 0.298 e. The summed E-state index contributed by atoms with van der Waals surface area (Å²) in [4.78, 5) is 18.9. The molecule has 0 bridgehead atoms. The molecule has 2 fully saturated rings. The molecular formula is C21H28FN3O2. The van der Waals surface area contributed by atoms with Crippen molar-refractivity contribution in [1.29, 1.82) is 0 Å². The molecule has 1 aromatic carbocycles. The minimum Gasteiger partial charge on any atom is -0.423 e. The third kappa shape index (κ3) is 3.54. The number of alkyl halides is 1. The van der Waals surface area contributed by atoms with Gasteiger partial charge in [-0.3, -0.25) is 4.79 Å². The molecule has 27 heavy (non-hydrogen) atoms. The number of rotatable bonds is 3. The van der Waals surface area contributed by atoms with Gasteiger partial charge in [0.2, 0.25) is 0 Å². The van der Waals surface area contributed by atoms with E-state index in [1.165, 1.54) is 19.4 Å². The zero-order valence-electron chi connectivity index (χ0n) is 16.5. The van der Waals surface area contributed by atoms with Gasteiger partial charge in [0, 0.05) is 19.1 Å². The number of nitrogens with one attached hydrogen (secondary N) is 1. The van der Waals surface area contributed by atoms with E-state index in [-0.39, 0.29) is 6.04 Å². The molecule has 3 atom stereocenters. The molecule has 2 aliphatic rings. The Morgan fingerprint density at radius 2 is 2.00 bits per heavy atom. The van der Waals surface area contributed by atoms with Crippen LogP contribution in [0, 0.1) is 25.7 Å². The van der Waals surface area contributed by atoms with Gasteiger partial charge in [-0.05, 0) is 76.0 Å². The van der Waals surface area contributed by atoms with Crippen LogP contribution in [0.4, 0.5) is 10.4 Å². The van der Waals surface area contributed by atoms with Crippen LogP contribution in [-0.4, -0.2) is 35.7 Å². The molecule has 6 heteroatoms. The molecule has 4 rings (SSSR count). The van der Waals surface area contributed by atoms with Crippen molar-refractivity contribution in [3.63, 3.8) is 0 Å². The molecule has 1 aliphatic heterocycles. The third-order valence-electron chi connectivity index (χ3n) is 6.00. The highest BCUT2D eigenvalue weighted by Gasteiger charge is 2.40. The quantitative estimate of drug-likeness (QED) is 0.886. The van der Waals surface area contributed by atoms with E-state index in [1.54, 1.807) is 0 Å². The SMILES string of the molecule is Cc1cc(C)c2oc(N3CC4CCC(NC(=O)C(C)(C)F)CC4C3)nc2c1. The van der Waals surface area contributed by atoms with Crippen LogP contribution in [-0.2, 0) is 4.79 Å². The molecule has 5 nitrogen and oxygen atoms in total. The standard InChI is InChI=1S/C21H28FN3O2/c1-12-7-13(2)18-17(8-12)24-20(27-18)25-10-14-5-6-16(9-15(14)11-25)23-19(26)21(3,4)22/h7-8,14-16H,5-6,9-11H2,1-4H3,(H,23,26). The monoisotopic (exact) mass is 373 g/mol. The van der Waals surface area contributed by atoms with Crippen LogP contribution in [0.3, 0.4) is 0 Å². The molecule has 1 aliphatic carbocycles. The van der Waals surface area contributed by atoms with Crippen molar-refractivity contribution in [2.75, 3.05) is 18.0 Å². The maximum absolute atomic E-state index is 13.8. The number of hydrogen-bond donors (Lipinski definition) is 1. The van der Waals surface area contributed by atoms with Gasteiger partial charge in [0.15, 0.2) is 11.3 Å². The Hall–Kier alpha value is -2.11. The fraction of sp³-hybridized carbons (Fsp3) is 0.619. The lowest BCUT2D eigenvalue weighted by molar-refractivity contribution is -0.131. The van der Waals surface area contributed by atoms with Crippen molar-refractivity contribution in [1.82, 2.24) is 10.3 Å². The molecule has 1 saturated heterocycles. The number of amides is 1. The number of nitrogens with zero attached hydrogens (tertiary/aromatic N) is 2. The number of benzene rings is 1. The lowest BCUT2D eigenvalue weighted by Gasteiger charge is -2.32. The minimum atomic E-state index is -1.83. The van der Waals surface area contributed by atoms with Gasteiger partial charge in [0.25, 0.3) is 11.9 Å². The lowest BCUT2D eigenvalue weighted by atomic mass is 9.79. The van der Waals surface area contributed by atoms with Crippen molar-refractivity contribution in [3.8, 4) is 0 Å². The van der Waals surface area contributed by atoms with E-state index in [2.05, 4.69) is 29.3 Å². The first-order valence-electron chi connectivity index (χ1n) is 9.83. The second kappa shape index (κ2) is 6.50. The number of aromatic nitrogens is 1. The summed E-state index contributed by atoms with van der Waals surface area (Å²) in [6.45, 7) is 8.54. The van der Waals surface area contributed by atoms with Crippen molar-refractivity contribution in [2.24, 2.45) is 11.8 Å². The Balaban J connectivity index is 1.46. The molecule has 1 N–H and O–H groups in total. The molecule has 146 valence electrons. The molecule has 0 spiro atoms. The van der Waals surface area contributed by atoms with Gasteiger partial charge >= 0.3 is 0 Å². The number of carbonyl (C=O) groups excluding carboxylic acids is 1.